The standard InChI is InChI=1S/C28H29BrF3N3O4S/c1-3-33-27(37)25(16-20-8-5-4-6-9-20)34(18-21-12-14-23(29)15-13-21)26(36)19-35(40(2,38)39)24-11-7-10-22(17-24)28(30,31)32/h4-15,17,25H,3,16,18-19H2,1-2H3,(H,33,37)/t25-/m1/s1. The molecule has 0 aromatic heterocycles. The molecule has 0 fully saturated rings. The number of anilines is 1. The highest BCUT2D eigenvalue weighted by atomic mass is 79.9. The van der Waals surface area contributed by atoms with E-state index in [0.717, 1.165) is 28.4 Å². The molecule has 40 heavy (non-hydrogen) atoms. The van der Waals surface area contributed by atoms with Gasteiger partial charge in [-0.05, 0) is 48.4 Å². The molecule has 0 bridgehead atoms. The number of halogens is 4. The quantitative estimate of drug-likeness (QED) is 0.320. The van der Waals surface area contributed by atoms with Crippen LogP contribution in [0.3, 0.4) is 0 Å². The molecule has 12 heteroatoms. The molecule has 0 aliphatic rings. The van der Waals surface area contributed by atoms with Gasteiger partial charge in [0, 0.05) is 24.0 Å². The van der Waals surface area contributed by atoms with Gasteiger partial charge in [-0.25, -0.2) is 8.42 Å². The van der Waals surface area contributed by atoms with Crippen LogP contribution in [0.5, 0.6) is 0 Å². The lowest BCUT2D eigenvalue weighted by Crippen LogP contribution is -2.53. The average molecular weight is 641 g/mol. The number of carbonyl (C=O) groups is 2. The van der Waals surface area contributed by atoms with E-state index in [1.165, 1.54) is 11.0 Å². The van der Waals surface area contributed by atoms with Gasteiger partial charge in [0.25, 0.3) is 0 Å². The van der Waals surface area contributed by atoms with Gasteiger partial charge in [-0.1, -0.05) is 64.5 Å². The van der Waals surface area contributed by atoms with Crippen LogP contribution in [0.25, 0.3) is 0 Å². The van der Waals surface area contributed by atoms with Gasteiger partial charge in [0.2, 0.25) is 21.8 Å². The minimum absolute atomic E-state index is 0.0407. The van der Waals surface area contributed by atoms with Crippen LogP contribution in [0.1, 0.15) is 23.6 Å². The summed E-state index contributed by atoms with van der Waals surface area (Å²) in [5.41, 5.74) is 0.0723. The van der Waals surface area contributed by atoms with E-state index >= 15 is 0 Å². The molecule has 3 rings (SSSR count). The van der Waals surface area contributed by atoms with Crippen LogP contribution in [0, 0.1) is 0 Å². The molecule has 1 N–H and O–H groups in total. The van der Waals surface area contributed by atoms with Gasteiger partial charge in [0.05, 0.1) is 17.5 Å². The lowest BCUT2D eigenvalue weighted by atomic mass is 10.0. The number of hydrogen-bond donors (Lipinski definition) is 1. The third-order valence-corrected chi connectivity index (χ3v) is 7.70. The molecule has 2 amide bonds. The van der Waals surface area contributed by atoms with Gasteiger partial charge >= 0.3 is 6.18 Å². The smallest absolute Gasteiger partial charge is 0.355 e. The number of sulfonamides is 1. The normalized spacial score (nSPS) is 12.4. The number of amides is 2. The van der Waals surface area contributed by atoms with Gasteiger partial charge in [-0.3, -0.25) is 13.9 Å². The summed E-state index contributed by atoms with van der Waals surface area (Å²) in [5, 5.41) is 2.74. The summed E-state index contributed by atoms with van der Waals surface area (Å²) in [5.74, 6) is -1.19. The number of nitrogens with one attached hydrogen (secondary N) is 1. The van der Waals surface area contributed by atoms with Gasteiger partial charge in [0.1, 0.15) is 12.6 Å². The number of benzene rings is 3. The molecule has 0 aliphatic carbocycles. The lowest BCUT2D eigenvalue weighted by molar-refractivity contribution is -0.140. The fourth-order valence-corrected chi connectivity index (χ4v) is 5.19. The monoisotopic (exact) mass is 639 g/mol. The molecular weight excluding hydrogens is 611 g/mol. The van der Waals surface area contributed by atoms with Gasteiger partial charge in [-0.2, -0.15) is 13.2 Å². The van der Waals surface area contributed by atoms with E-state index in [2.05, 4.69) is 21.2 Å². The number of hydrogen-bond acceptors (Lipinski definition) is 4. The predicted molar refractivity (Wildman–Crippen MR) is 151 cm³/mol. The van der Waals surface area contributed by atoms with Crippen molar-refractivity contribution in [3.8, 4) is 0 Å². The molecule has 0 spiro atoms. The van der Waals surface area contributed by atoms with Crippen LogP contribution >= 0.6 is 15.9 Å². The highest BCUT2D eigenvalue weighted by molar-refractivity contribution is 9.10. The Hall–Kier alpha value is -3.38. The van der Waals surface area contributed by atoms with Crippen molar-refractivity contribution in [3.05, 3.63) is 100 Å². The molecule has 1 atom stereocenters. The van der Waals surface area contributed by atoms with E-state index in [0.29, 0.717) is 22.5 Å². The third-order valence-electron chi connectivity index (χ3n) is 6.03. The first-order chi connectivity index (χ1) is 18.8. The Morgan fingerprint density at radius 3 is 2.17 bits per heavy atom. The number of alkyl halides is 3. The summed E-state index contributed by atoms with van der Waals surface area (Å²) in [6, 6.07) is 18.8. The van der Waals surface area contributed by atoms with Gasteiger partial charge in [-0.15, -0.1) is 0 Å². The molecule has 7 nitrogen and oxygen atoms in total. The molecule has 0 saturated carbocycles. The zero-order chi connectivity index (χ0) is 29.5. The Kier molecular flexibility index (Phi) is 10.4. The van der Waals surface area contributed by atoms with Gasteiger partial charge in [0.15, 0.2) is 0 Å². The Labute approximate surface area is 240 Å². The van der Waals surface area contributed by atoms with E-state index in [4.69, 9.17) is 0 Å². The summed E-state index contributed by atoms with van der Waals surface area (Å²) in [6.07, 6.45) is -3.77. The number of rotatable bonds is 11. The minimum atomic E-state index is -4.71. The van der Waals surface area contributed by atoms with E-state index < -0.39 is 46.2 Å². The van der Waals surface area contributed by atoms with Crippen molar-refractivity contribution in [1.82, 2.24) is 10.2 Å². The Bertz CT molecular complexity index is 1420. The first-order valence-corrected chi connectivity index (χ1v) is 14.9. The van der Waals surface area contributed by atoms with Crippen LogP contribution < -0.4 is 9.62 Å². The van der Waals surface area contributed by atoms with Crippen molar-refractivity contribution < 1.29 is 31.2 Å². The van der Waals surface area contributed by atoms with Gasteiger partial charge < -0.3 is 10.2 Å². The van der Waals surface area contributed by atoms with Crippen LogP contribution in [-0.2, 0) is 38.8 Å². The summed E-state index contributed by atoms with van der Waals surface area (Å²) in [4.78, 5) is 28.4. The molecule has 0 heterocycles. The lowest BCUT2D eigenvalue weighted by Gasteiger charge is -2.33. The fourth-order valence-electron chi connectivity index (χ4n) is 4.08. The van der Waals surface area contributed by atoms with Crippen molar-refractivity contribution in [2.24, 2.45) is 0 Å². The first kappa shape index (κ1) is 31.2. The van der Waals surface area contributed by atoms with Crippen molar-refractivity contribution in [2.45, 2.75) is 32.1 Å². The molecule has 3 aromatic carbocycles. The van der Waals surface area contributed by atoms with Crippen LogP contribution in [0.2, 0.25) is 0 Å². The molecular formula is C28H29BrF3N3O4S. The van der Waals surface area contributed by atoms with Crippen LogP contribution in [-0.4, -0.2) is 50.5 Å². The van der Waals surface area contributed by atoms with E-state index in [9.17, 15) is 31.2 Å². The third kappa shape index (κ3) is 8.56. The second-order valence-electron chi connectivity index (χ2n) is 9.07. The van der Waals surface area contributed by atoms with E-state index in [-0.39, 0.29) is 18.7 Å². The van der Waals surface area contributed by atoms with Crippen LogP contribution in [0.4, 0.5) is 18.9 Å². The molecule has 0 radical (unpaired) electrons. The number of carbonyl (C=O) groups excluding carboxylic acids is 2. The maximum absolute atomic E-state index is 13.9. The summed E-state index contributed by atoms with van der Waals surface area (Å²) in [7, 11) is -4.19. The second-order valence-corrected chi connectivity index (χ2v) is 11.9. The topological polar surface area (TPSA) is 86.8 Å². The van der Waals surface area contributed by atoms with E-state index in [1.54, 1.807) is 55.5 Å². The summed E-state index contributed by atoms with van der Waals surface area (Å²) < 4.78 is 67.0. The van der Waals surface area contributed by atoms with E-state index in [1.807, 2.05) is 6.07 Å². The number of nitrogens with zero attached hydrogens (tertiary/aromatic N) is 2. The predicted octanol–water partition coefficient (Wildman–Crippen LogP) is 5.01. The van der Waals surface area contributed by atoms with Crippen molar-refractivity contribution in [2.75, 3.05) is 23.7 Å². The average Bonchev–Trinajstić information content (AvgIpc) is 2.90. The largest absolute Gasteiger partial charge is 0.416 e. The second kappa shape index (κ2) is 13.3. The molecule has 0 saturated heterocycles. The van der Waals surface area contributed by atoms with Crippen molar-refractivity contribution in [1.29, 1.82) is 0 Å². The fraction of sp³-hybridized carbons (Fsp3) is 0.286. The maximum Gasteiger partial charge on any atom is 0.416 e. The molecule has 3 aromatic rings. The maximum atomic E-state index is 13.9. The first-order valence-electron chi connectivity index (χ1n) is 12.3. The molecule has 0 aliphatic heterocycles. The zero-order valence-electron chi connectivity index (χ0n) is 21.9. The summed E-state index contributed by atoms with van der Waals surface area (Å²) >= 11 is 3.36. The van der Waals surface area contributed by atoms with Crippen LogP contribution in [0.15, 0.2) is 83.3 Å². The highest BCUT2D eigenvalue weighted by Crippen LogP contribution is 2.32. The molecule has 0 unspecified atom stereocenters. The zero-order valence-corrected chi connectivity index (χ0v) is 24.3. The Balaban J connectivity index is 2.06. The SMILES string of the molecule is CCNC(=O)[C@@H](Cc1ccccc1)N(Cc1ccc(Br)cc1)C(=O)CN(c1cccc(C(F)(F)F)c1)S(C)(=O)=O. The van der Waals surface area contributed by atoms with Crippen molar-refractivity contribution >= 4 is 43.5 Å². The number of likely N-dealkylation sites (N-methyl/N-ethyl adjacent to an activating group) is 1. The summed E-state index contributed by atoms with van der Waals surface area (Å²) in [6.45, 7) is 1.18. The Morgan fingerprint density at radius 2 is 1.60 bits per heavy atom. The molecule has 214 valence electrons. The van der Waals surface area contributed by atoms with Crippen molar-refractivity contribution in [3.63, 3.8) is 0 Å². The minimum Gasteiger partial charge on any atom is -0.355 e. The highest BCUT2D eigenvalue weighted by Gasteiger charge is 2.34. The Morgan fingerprint density at radius 1 is 0.950 bits per heavy atom.